The lowest BCUT2D eigenvalue weighted by Crippen LogP contribution is -2.35. The van der Waals surface area contributed by atoms with E-state index >= 15 is 0 Å². The van der Waals surface area contributed by atoms with Gasteiger partial charge in [-0.05, 0) is 39.9 Å². The number of nitrogens with zero attached hydrogens (tertiary/aromatic N) is 8. The number of nitrogens with one attached hydrogen (secondary N) is 1. The molecule has 0 aliphatic carbocycles. The Hall–Kier alpha value is -2.85. The third-order valence-corrected chi connectivity index (χ3v) is 5.45. The number of hydrogen-bond donors (Lipinski definition) is 1. The molecule has 0 saturated carbocycles. The third-order valence-electron chi connectivity index (χ3n) is 5.45. The summed E-state index contributed by atoms with van der Waals surface area (Å²) in [5.41, 5.74) is 2.56. The molecule has 10 nitrogen and oxygen atoms in total. The second-order valence-electron chi connectivity index (χ2n) is 7.61. The zero-order valence-electron chi connectivity index (χ0n) is 18.0. The van der Waals surface area contributed by atoms with Gasteiger partial charge in [-0.3, -0.25) is 4.68 Å². The second kappa shape index (κ2) is 8.88. The summed E-state index contributed by atoms with van der Waals surface area (Å²) < 4.78 is 7.45. The van der Waals surface area contributed by atoms with Gasteiger partial charge in [-0.2, -0.15) is 10.1 Å². The van der Waals surface area contributed by atoms with Crippen molar-refractivity contribution in [3.8, 4) is 0 Å². The smallest absolute Gasteiger partial charge is 0.228 e. The first-order valence-electron chi connectivity index (χ1n) is 10.3. The fourth-order valence-corrected chi connectivity index (χ4v) is 3.80. The van der Waals surface area contributed by atoms with Gasteiger partial charge in [0.05, 0.1) is 18.8 Å². The van der Waals surface area contributed by atoms with Crippen molar-refractivity contribution < 1.29 is 4.74 Å². The number of likely N-dealkylation sites (tertiary alicyclic amines) is 1. The number of hydrogen-bond acceptors (Lipinski definition) is 9. The van der Waals surface area contributed by atoms with Crippen LogP contribution in [-0.2, 0) is 11.3 Å². The molecule has 0 bridgehead atoms. The summed E-state index contributed by atoms with van der Waals surface area (Å²) in [4.78, 5) is 22.6. The molecule has 0 radical (unpaired) electrons. The topological polar surface area (TPSA) is 97.1 Å². The molecule has 0 amide bonds. The Morgan fingerprint density at radius 1 is 1.33 bits per heavy atom. The zero-order valence-corrected chi connectivity index (χ0v) is 18.0. The highest BCUT2D eigenvalue weighted by molar-refractivity contribution is 5.90. The van der Waals surface area contributed by atoms with Gasteiger partial charge in [0.1, 0.15) is 23.2 Å². The van der Waals surface area contributed by atoms with E-state index in [4.69, 9.17) is 19.8 Å². The predicted octanol–water partition coefficient (Wildman–Crippen LogP) is 1.85. The van der Waals surface area contributed by atoms with Crippen molar-refractivity contribution in [2.45, 2.75) is 32.9 Å². The molecule has 1 aliphatic heterocycles. The minimum Gasteiger partial charge on any atom is -0.380 e. The minimum atomic E-state index is 0.382. The highest BCUT2D eigenvalue weighted by Crippen LogP contribution is 2.29. The van der Waals surface area contributed by atoms with Gasteiger partial charge in [-0.1, -0.05) is 0 Å². The van der Waals surface area contributed by atoms with E-state index in [2.05, 4.69) is 39.2 Å². The summed E-state index contributed by atoms with van der Waals surface area (Å²) >= 11 is 0. The standard InChI is InChI=1S/C20H29N9O/c1-5-30-11-10-29-18-17(14(2)26-29)24-20(28(4)15-7-9-27(3)12-15)25-19(18)23-16-6-8-21-13-22-16/h6,8,13,15H,5,7,9-12H2,1-4H3,(H,21,22,23,24,25)/t15-/m0/s1. The first kappa shape index (κ1) is 20.4. The maximum atomic E-state index is 5.54. The summed E-state index contributed by atoms with van der Waals surface area (Å²) in [6, 6.07) is 2.20. The van der Waals surface area contributed by atoms with Gasteiger partial charge in [-0.15, -0.1) is 0 Å². The molecule has 1 aliphatic rings. The number of anilines is 3. The van der Waals surface area contributed by atoms with E-state index in [9.17, 15) is 0 Å². The maximum absolute atomic E-state index is 5.54. The number of aromatic nitrogens is 6. The predicted molar refractivity (Wildman–Crippen MR) is 116 cm³/mol. The number of likely N-dealkylation sites (N-methyl/N-ethyl adjacent to an activating group) is 2. The van der Waals surface area contributed by atoms with E-state index in [1.165, 1.54) is 6.33 Å². The lowest BCUT2D eigenvalue weighted by atomic mass is 10.2. The highest BCUT2D eigenvalue weighted by atomic mass is 16.5. The molecule has 1 fully saturated rings. The molecule has 4 rings (SSSR count). The minimum absolute atomic E-state index is 0.382. The SMILES string of the molecule is CCOCCn1nc(C)c2nc(N(C)[C@H]3CCN(C)C3)nc(Nc3ccncn3)c21. The van der Waals surface area contributed by atoms with Crippen LogP contribution in [0.2, 0.25) is 0 Å². The van der Waals surface area contributed by atoms with Gasteiger partial charge in [0, 0.05) is 32.4 Å². The first-order valence-corrected chi connectivity index (χ1v) is 10.3. The molecular weight excluding hydrogens is 382 g/mol. The van der Waals surface area contributed by atoms with E-state index in [0.717, 1.165) is 36.2 Å². The lowest BCUT2D eigenvalue weighted by Gasteiger charge is -2.25. The molecule has 4 heterocycles. The van der Waals surface area contributed by atoms with Crippen LogP contribution in [0.4, 0.5) is 17.6 Å². The van der Waals surface area contributed by atoms with E-state index in [1.807, 2.05) is 24.6 Å². The van der Waals surface area contributed by atoms with Gasteiger partial charge in [-0.25, -0.2) is 15.0 Å². The molecule has 1 saturated heterocycles. The Morgan fingerprint density at radius 3 is 2.90 bits per heavy atom. The first-order chi connectivity index (χ1) is 14.6. The summed E-state index contributed by atoms with van der Waals surface area (Å²) in [6.07, 6.45) is 4.31. The fourth-order valence-electron chi connectivity index (χ4n) is 3.80. The van der Waals surface area contributed by atoms with Crippen LogP contribution in [0.1, 0.15) is 19.0 Å². The molecule has 3 aromatic heterocycles. The summed E-state index contributed by atoms with van der Waals surface area (Å²) in [5, 5.41) is 8.05. The van der Waals surface area contributed by atoms with Crippen molar-refractivity contribution in [2.75, 3.05) is 50.6 Å². The molecule has 3 aromatic rings. The van der Waals surface area contributed by atoms with Crippen molar-refractivity contribution >= 4 is 28.6 Å². The lowest BCUT2D eigenvalue weighted by molar-refractivity contribution is 0.137. The number of fused-ring (bicyclic) bond motifs is 1. The van der Waals surface area contributed by atoms with Crippen LogP contribution in [-0.4, -0.2) is 81.1 Å². The van der Waals surface area contributed by atoms with Crippen molar-refractivity contribution in [3.63, 3.8) is 0 Å². The Kier molecular flexibility index (Phi) is 6.05. The molecule has 0 aromatic carbocycles. The van der Waals surface area contributed by atoms with E-state index in [1.54, 1.807) is 6.20 Å². The van der Waals surface area contributed by atoms with Crippen molar-refractivity contribution in [3.05, 3.63) is 24.3 Å². The molecule has 160 valence electrons. The number of rotatable bonds is 8. The van der Waals surface area contributed by atoms with Crippen LogP contribution >= 0.6 is 0 Å². The van der Waals surface area contributed by atoms with E-state index in [0.29, 0.717) is 43.4 Å². The van der Waals surface area contributed by atoms with Crippen molar-refractivity contribution in [2.24, 2.45) is 0 Å². The molecule has 0 spiro atoms. The second-order valence-corrected chi connectivity index (χ2v) is 7.61. The molecule has 1 atom stereocenters. The summed E-state index contributed by atoms with van der Waals surface area (Å²) in [6.45, 7) is 7.93. The van der Waals surface area contributed by atoms with Crippen LogP contribution in [0.5, 0.6) is 0 Å². The quantitative estimate of drug-likeness (QED) is 0.557. The van der Waals surface area contributed by atoms with Crippen molar-refractivity contribution in [1.29, 1.82) is 0 Å². The monoisotopic (exact) mass is 411 g/mol. The molecule has 10 heteroatoms. The summed E-state index contributed by atoms with van der Waals surface area (Å²) in [7, 11) is 4.21. The molecule has 30 heavy (non-hydrogen) atoms. The molecule has 0 unspecified atom stereocenters. The van der Waals surface area contributed by atoms with Crippen LogP contribution in [0.25, 0.3) is 11.0 Å². The van der Waals surface area contributed by atoms with Crippen LogP contribution in [0.3, 0.4) is 0 Å². The van der Waals surface area contributed by atoms with Gasteiger partial charge >= 0.3 is 0 Å². The fraction of sp³-hybridized carbons (Fsp3) is 0.550. The van der Waals surface area contributed by atoms with Gasteiger partial charge < -0.3 is 19.9 Å². The Morgan fingerprint density at radius 2 is 2.20 bits per heavy atom. The van der Waals surface area contributed by atoms with Gasteiger partial charge in [0.15, 0.2) is 5.82 Å². The molecular formula is C20H29N9O. The number of ether oxygens (including phenoxy) is 1. The third kappa shape index (κ3) is 4.19. The van der Waals surface area contributed by atoms with Crippen molar-refractivity contribution in [1.82, 2.24) is 34.6 Å². The summed E-state index contributed by atoms with van der Waals surface area (Å²) in [5.74, 6) is 2.05. The molecule has 1 N–H and O–H groups in total. The van der Waals surface area contributed by atoms with Crippen LogP contribution < -0.4 is 10.2 Å². The Labute approximate surface area is 176 Å². The van der Waals surface area contributed by atoms with Crippen LogP contribution in [0.15, 0.2) is 18.6 Å². The average molecular weight is 412 g/mol. The Bertz CT molecular complexity index is 991. The highest BCUT2D eigenvalue weighted by Gasteiger charge is 2.27. The van der Waals surface area contributed by atoms with E-state index < -0.39 is 0 Å². The zero-order chi connectivity index (χ0) is 21.1. The maximum Gasteiger partial charge on any atom is 0.228 e. The largest absolute Gasteiger partial charge is 0.380 e. The van der Waals surface area contributed by atoms with Crippen LogP contribution in [0, 0.1) is 6.92 Å². The van der Waals surface area contributed by atoms with Gasteiger partial charge in [0.25, 0.3) is 0 Å². The van der Waals surface area contributed by atoms with Gasteiger partial charge in [0.2, 0.25) is 5.95 Å². The Balaban J connectivity index is 1.76. The van der Waals surface area contributed by atoms with E-state index in [-0.39, 0.29) is 0 Å². The number of aryl methyl sites for hydroxylation is 1. The average Bonchev–Trinajstić information content (AvgIpc) is 3.32. The normalized spacial score (nSPS) is 17.0.